The molecule has 1 rings (SSSR count). The molecule has 6 heteroatoms. The average Bonchev–Trinajstić information content (AvgIpc) is 2.49. The van der Waals surface area contributed by atoms with Crippen LogP contribution in [0.1, 0.15) is 12.8 Å². The average molecular weight is 282 g/mol. The van der Waals surface area contributed by atoms with E-state index in [0.717, 1.165) is 12.1 Å². The van der Waals surface area contributed by atoms with E-state index >= 15 is 0 Å². The molecule has 0 bridgehead atoms. The lowest BCUT2D eigenvalue weighted by Gasteiger charge is -2.15. The lowest BCUT2D eigenvalue weighted by atomic mass is 10.2. The number of hydrogen-bond donors (Lipinski definition) is 2. The van der Waals surface area contributed by atoms with Crippen molar-refractivity contribution in [2.75, 3.05) is 40.2 Å². The van der Waals surface area contributed by atoms with Crippen LogP contribution in [0.3, 0.4) is 0 Å². The predicted molar refractivity (Wildman–Crippen MR) is 77.9 cm³/mol. The van der Waals surface area contributed by atoms with Gasteiger partial charge in [0.25, 0.3) is 0 Å². The summed E-state index contributed by atoms with van der Waals surface area (Å²) in [7, 11) is 6.35. The van der Waals surface area contributed by atoms with Crippen molar-refractivity contribution in [2.45, 2.75) is 12.8 Å². The Balaban J connectivity index is 2.68. The van der Waals surface area contributed by atoms with Crippen LogP contribution in [0.5, 0.6) is 17.2 Å². The summed E-state index contributed by atoms with van der Waals surface area (Å²) in [5, 5.41) is 5.82. The monoisotopic (exact) mass is 282 g/mol. The first-order chi connectivity index (χ1) is 9.65. The topological polar surface area (TPSA) is 68.8 Å². The first-order valence-corrected chi connectivity index (χ1v) is 6.40. The smallest absolute Gasteiger partial charge is 0.219 e. The van der Waals surface area contributed by atoms with E-state index in [1.807, 2.05) is 12.1 Å². The SMILES string of the molecule is CNC(=O)CCCNc1cc(OC)c(OC)c(OC)c1. The fraction of sp³-hybridized carbons (Fsp3) is 0.500. The molecule has 0 saturated carbocycles. The van der Waals surface area contributed by atoms with Crippen molar-refractivity contribution < 1.29 is 19.0 Å². The lowest BCUT2D eigenvalue weighted by molar-refractivity contribution is -0.120. The van der Waals surface area contributed by atoms with Crippen molar-refractivity contribution in [3.63, 3.8) is 0 Å². The summed E-state index contributed by atoms with van der Waals surface area (Å²) in [6.07, 6.45) is 1.24. The highest BCUT2D eigenvalue weighted by Crippen LogP contribution is 2.39. The molecule has 0 fully saturated rings. The second-order valence-corrected chi connectivity index (χ2v) is 4.12. The Morgan fingerprint density at radius 3 is 2.15 bits per heavy atom. The van der Waals surface area contributed by atoms with Gasteiger partial charge in [0.2, 0.25) is 11.7 Å². The zero-order valence-electron chi connectivity index (χ0n) is 12.4. The second kappa shape index (κ2) is 8.14. The van der Waals surface area contributed by atoms with Crippen molar-refractivity contribution in [1.82, 2.24) is 5.32 Å². The lowest BCUT2D eigenvalue weighted by Crippen LogP contribution is -2.18. The van der Waals surface area contributed by atoms with E-state index in [-0.39, 0.29) is 5.91 Å². The predicted octanol–water partition coefficient (Wildman–Crippen LogP) is 1.65. The van der Waals surface area contributed by atoms with Crippen molar-refractivity contribution >= 4 is 11.6 Å². The number of amides is 1. The van der Waals surface area contributed by atoms with E-state index in [4.69, 9.17) is 14.2 Å². The van der Waals surface area contributed by atoms with Gasteiger partial charge in [-0.1, -0.05) is 0 Å². The molecule has 0 radical (unpaired) electrons. The largest absolute Gasteiger partial charge is 0.493 e. The van der Waals surface area contributed by atoms with Crippen LogP contribution in [-0.2, 0) is 4.79 Å². The van der Waals surface area contributed by atoms with Gasteiger partial charge in [-0.3, -0.25) is 4.79 Å². The second-order valence-electron chi connectivity index (χ2n) is 4.12. The molecule has 0 aliphatic carbocycles. The molecule has 0 saturated heterocycles. The van der Waals surface area contributed by atoms with Crippen LogP contribution in [0.2, 0.25) is 0 Å². The number of carbonyl (C=O) groups excluding carboxylic acids is 1. The van der Waals surface area contributed by atoms with Crippen LogP contribution in [0.15, 0.2) is 12.1 Å². The Morgan fingerprint density at radius 2 is 1.70 bits per heavy atom. The van der Waals surface area contributed by atoms with E-state index in [1.54, 1.807) is 28.4 Å². The zero-order valence-corrected chi connectivity index (χ0v) is 12.4. The summed E-state index contributed by atoms with van der Waals surface area (Å²) < 4.78 is 15.8. The summed E-state index contributed by atoms with van der Waals surface area (Å²) in [4.78, 5) is 11.1. The summed E-state index contributed by atoms with van der Waals surface area (Å²) in [6, 6.07) is 3.67. The van der Waals surface area contributed by atoms with E-state index in [1.165, 1.54) is 0 Å². The normalized spacial score (nSPS) is 9.80. The minimum atomic E-state index is 0.0386. The van der Waals surface area contributed by atoms with Gasteiger partial charge in [-0.15, -0.1) is 0 Å². The van der Waals surface area contributed by atoms with Crippen LogP contribution in [0, 0.1) is 0 Å². The Bertz CT molecular complexity index is 424. The van der Waals surface area contributed by atoms with Crippen molar-refractivity contribution in [3.05, 3.63) is 12.1 Å². The molecule has 0 aliphatic heterocycles. The van der Waals surface area contributed by atoms with Gasteiger partial charge >= 0.3 is 0 Å². The number of nitrogens with one attached hydrogen (secondary N) is 2. The summed E-state index contributed by atoms with van der Waals surface area (Å²) >= 11 is 0. The maximum absolute atomic E-state index is 11.1. The van der Waals surface area contributed by atoms with E-state index in [2.05, 4.69) is 10.6 Å². The molecule has 6 nitrogen and oxygen atoms in total. The molecule has 0 aromatic heterocycles. The number of benzene rings is 1. The molecular weight excluding hydrogens is 260 g/mol. The van der Waals surface area contributed by atoms with E-state index in [0.29, 0.717) is 30.2 Å². The van der Waals surface area contributed by atoms with Gasteiger partial charge in [-0.05, 0) is 6.42 Å². The minimum Gasteiger partial charge on any atom is -0.493 e. The van der Waals surface area contributed by atoms with Crippen LogP contribution in [-0.4, -0.2) is 40.8 Å². The highest BCUT2D eigenvalue weighted by atomic mass is 16.5. The van der Waals surface area contributed by atoms with Gasteiger partial charge in [0.05, 0.1) is 21.3 Å². The molecule has 0 unspecified atom stereocenters. The maximum atomic E-state index is 11.1. The Kier molecular flexibility index (Phi) is 6.49. The molecule has 1 aromatic rings. The van der Waals surface area contributed by atoms with Crippen LogP contribution >= 0.6 is 0 Å². The number of rotatable bonds is 8. The Labute approximate surface area is 119 Å². The van der Waals surface area contributed by atoms with Crippen molar-refractivity contribution in [3.8, 4) is 17.2 Å². The van der Waals surface area contributed by atoms with Crippen LogP contribution < -0.4 is 24.8 Å². The fourth-order valence-corrected chi connectivity index (χ4v) is 1.79. The number of ether oxygens (including phenoxy) is 3. The molecule has 0 heterocycles. The molecule has 1 amide bonds. The highest BCUT2D eigenvalue weighted by molar-refractivity contribution is 5.75. The highest BCUT2D eigenvalue weighted by Gasteiger charge is 2.12. The fourth-order valence-electron chi connectivity index (χ4n) is 1.79. The summed E-state index contributed by atoms with van der Waals surface area (Å²) in [5.41, 5.74) is 0.858. The molecular formula is C14H22N2O4. The van der Waals surface area contributed by atoms with Gasteiger partial charge in [0.15, 0.2) is 11.5 Å². The zero-order chi connectivity index (χ0) is 15.0. The summed E-state index contributed by atoms with van der Waals surface area (Å²) in [5.74, 6) is 1.80. The Hall–Kier alpha value is -2.11. The molecule has 2 N–H and O–H groups in total. The third-order valence-electron chi connectivity index (χ3n) is 2.85. The number of anilines is 1. The van der Waals surface area contributed by atoms with E-state index in [9.17, 15) is 4.79 Å². The minimum absolute atomic E-state index is 0.0386. The number of carbonyl (C=O) groups is 1. The third-order valence-corrected chi connectivity index (χ3v) is 2.85. The van der Waals surface area contributed by atoms with Crippen molar-refractivity contribution in [1.29, 1.82) is 0 Å². The first kappa shape index (κ1) is 15.9. The molecule has 1 aromatic carbocycles. The first-order valence-electron chi connectivity index (χ1n) is 6.40. The van der Waals surface area contributed by atoms with E-state index < -0.39 is 0 Å². The quantitative estimate of drug-likeness (QED) is 0.710. The van der Waals surface area contributed by atoms with Gasteiger partial charge in [-0.25, -0.2) is 0 Å². The van der Waals surface area contributed by atoms with Gasteiger partial charge in [0, 0.05) is 37.8 Å². The Morgan fingerprint density at radius 1 is 1.10 bits per heavy atom. The number of hydrogen-bond acceptors (Lipinski definition) is 5. The molecule has 0 spiro atoms. The van der Waals surface area contributed by atoms with Gasteiger partial charge in [-0.2, -0.15) is 0 Å². The van der Waals surface area contributed by atoms with Crippen LogP contribution in [0.25, 0.3) is 0 Å². The van der Waals surface area contributed by atoms with Crippen molar-refractivity contribution in [2.24, 2.45) is 0 Å². The molecule has 112 valence electrons. The maximum Gasteiger partial charge on any atom is 0.219 e. The standard InChI is InChI=1S/C14H22N2O4/c1-15-13(17)6-5-7-16-10-8-11(18-2)14(20-4)12(9-10)19-3/h8-9,16H,5-7H2,1-4H3,(H,15,17). The molecule has 0 aliphatic rings. The molecule has 0 atom stereocenters. The number of methoxy groups -OCH3 is 3. The van der Waals surface area contributed by atoms with Gasteiger partial charge < -0.3 is 24.8 Å². The molecule has 20 heavy (non-hydrogen) atoms. The van der Waals surface area contributed by atoms with Crippen LogP contribution in [0.4, 0.5) is 5.69 Å². The third kappa shape index (κ3) is 4.22. The van der Waals surface area contributed by atoms with Gasteiger partial charge in [0.1, 0.15) is 0 Å². The summed E-state index contributed by atoms with van der Waals surface area (Å²) in [6.45, 7) is 0.687.